The number of hydrogen-bond acceptors (Lipinski definition) is 3. The second-order valence-electron chi connectivity index (χ2n) is 5.62. The molecule has 1 aromatic rings. The van der Waals surface area contributed by atoms with Crippen molar-refractivity contribution < 1.29 is 19.1 Å². The lowest BCUT2D eigenvalue weighted by atomic mass is 9.76. The molecule has 0 heterocycles. The second kappa shape index (κ2) is 6.48. The molecule has 1 aliphatic carbocycles. The monoisotopic (exact) mass is 324 g/mol. The van der Waals surface area contributed by atoms with Crippen LogP contribution in [0.2, 0.25) is 5.02 Å². The highest BCUT2D eigenvalue weighted by Crippen LogP contribution is 2.34. The number of carbonyl (C=O) groups is 2. The molecule has 1 aromatic carbocycles. The van der Waals surface area contributed by atoms with Crippen LogP contribution in [0.3, 0.4) is 0 Å². The number of carboxylic acid groups (broad SMARTS) is 1. The molecule has 118 valence electrons. The second-order valence-corrected chi connectivity index (χ2v) is 6.03. The van der Waals surface area contributed by atoms with Crippen molar-refractivity contribution in [3.8, 4) is 0 Å². The number of amides is 1. The minimum Gasteiger partial charge on any atom is -0.550 e. The zero-order valence-corrected chi connectivity index (χ0v) is 13.0. The van der Waals surface area contributed by atoms with Gasteiger partial charge in [0.25, 0.3) is 0 Å². The Balaban J connectivity index is 2.19. The molecule has 0 radical (unpaired) electrons. The fraction of sp³-hybridized carbons (Fsp3) is 0.375. The summed E-state index contributed by atoms with van der Waals surface area (Å²) in [7, 11) is 0. The molecule has 0 unspecified atom stereocenters. The largest absolute Gasteiger partial charge is 0.550 e. The zero-order valence-electron chi connectivity index (χ0n) is 12.3. The molecule has 0 spiro atoms. The summed E-state index contributed by atoms with van der Waals surface area (Å²) < 4.78 is 13.1. The van der Waals surface area contributed by atoms with Crippen molar-refractivity contribution in [2.45, 2.75) is 26.7 Å². The summed E-state index contributed by atoms with van der Waals surface area (Å²) in [5.41, 5.74) is 2.32. The molecule has 22 heavy (non-hydrogen) atoms. The number of rotatable bonds is 3. The molecule has 6 heteroatoms. The van der Waals surface area contributed by atoms with Crippen LogP contribution in [0.4, 0.5) is 10.1 Å². The van der Waals surface area contributed by atoms with Gasteiger partial charge in [-0.2, -0.15) is 0 Å². The minimum atomic E-state index is -1.23. The third kappa shape index (κ3) is 3.47. The van der Waals surface area contributed by atoms with Crippen LogP contribution in [-0.4, -0.2) is 11.9 Å². The van der Waals surface area contributed by atoms with E-state index in [1.165, 1.54) is 12.1 Å². The van der Waals surface area contributed by atoms with Gasteiger partial charge >= 0.3 is 0 Å². The van der Waals surface area contributed by atoms with Gasteiger partial charge in [0.2, 0.25) is 5.91 Å². The topological polar surface area (TPSA) is 69.2 Å². The van der Waals surface area contributed by atoms with Crippen molar-refractivity contribution in [3.05, 3.63) is 40.2 Å². The van der Waals surface area contributed by atoms with Crippen LogP contribution in [0, 0.1) is 17.7 Å². The van der Waals surface area contributed by atoms with Crippen molar-refractivity contribution in [2.75, 3.05) is 5.32 Å². The van der Waals surface area contributed by atoms with Crippen molar-refractivity contribution >= 4 is 29.2 Å². The summed E-state index contributed by atoms with van der Waals surface area (Å²) in [6.45, 7) is 3.75. The molecule has 2 atom stereocenters. The Morgan fingerprint density at radius 3 is 2.36 bits per heavy atom. The molecule has 1 amide bonds. The Bertz CT molecular complexity index is 657. The van der Waals surface area contributed by atoms with Gasteiger partial charge in [-0.15, -0.1) is 0 Å². The van der Waals surface area contributed by atoms with Crippen LogP contribution in [0.1, 0.15) is 26.7 Å². The Hall–Kier alpha value is -1.88. The van der Waals surface area contributed by atoms with Gasteiger partial charge in [0.1, 0.15) is 5.82 Å². The summed E-state index contributed by atoms with van der Waals surface area (Å²) in [4.78, 5) is 23.7. The molecular weight excluding hydrogens is 309 g/mol. The first-order valence-electron chi connectivity index (χ1n) is 6.91. The summed E-state index contributed by atoms with van der Waals surface area (Å²) in [6.07, 6.45) is 0.668. The third-order valence-electron chi connectivity index (χ3n) is 4.09. The maximum absolute atomic E-state index is 13.1. The van der Waals surface area contributed by atoms with Gasteiger partial charge in [-0.05, 0) is 44.9 Å². The summed E-state index contributed by atoms with van der Waals surface area (Å²) in [6, 6.07) is 3.81. The number of anilines is 1. The molecule has 2 rings (SSSR count). The molecular formula is C16H16ClFNO3-. The van der Waals surface area contributed by atoms with Gasteiger partial charge < -0.3 is 15.2 Å². The van der Waals surface area contributed by atoms with Crippen LogP contribution in [0.25, 0.3) is 0 Å². The lowest BCUT2D eigenvalue weighted by molar-refractivity contribution is -0.313. The minimum absolute atomic E-state index is 0.107. The average molecular weight is 325 g/mol. The summed E-state index contributed by atoms with van der Waals surface area (Å²) in [5, 5.41) is 13.8. The number of aliphatic carboxylic acids is 1. The van der Waals surface area contributed by atoms with E-state index in [4.69, 9.17) is 11.6 Å². The van der Waals surface area contributed by atoms with Gasteiger partial charge in [-0.3, -0.25) is 4.79 Å². The molecule has 0 aliphatic heterocycles. The molecule has 1 N–H and O–H groups in total. The maximum atomic E-state index is 13.1. The van der Waals surface area contributed by atoms with E-state index in [-0.39, 0.29) is 5.02 Å². The van der Waals surface area contributed by atoms with Crippen LogP contribution in [0.15, 0.2) is 29.3 Å². The van der Waals surface area contributed by atoms with Gasteiger partial charge in [-0.25, -0.2) is 4.39 Å². The van der Waals surface area contributed by atoms with E-state index in [1.807, 2.05) is 13.8 Å². The van der Waals surface area contributed by atoms with Crippen molar-refractivity contribution in [1.29, 1.82) is 0 Å². The number of carboxylic acids is 1. The first-order valence-corrected chi connectivity index (χ1v) is 7.29. The molecule has 1 aliphatic rings. The van der Waals surface area contributed by atoms with E-state index >= 15 is 0 Å². The highest BCUT2D eigenvalue weighted by molar-refractivity contribution is 6.31. The predicted octanol–water partition coefficient (Wildman–Crippen LogP) is 2.53. The lowest BCUT2D eigenvalue weighted by Crippen LogP contribution is -2.42. The Morgan fingerprint density at radius 1 is 1.23 bits per heavy atom. The fourth-order valence-electron chi connectivity index (χ4n) is 2.62. The molecule has 0 saturated heterocycles. The Kier molecular flexibility index (Phi) is 4.86. The average Bonchev–Trinajstić information content (AvgIpc) is 2.45. The highest BCUT2D eigenvalue weighted by Gasteiger charge is 2.33. The summed E-state index contributed by atoms with van der Waals surface area (Å²) in [5.74, 6) is -3.82. The standard InChI is InChI=1S/C16H17ClFNO3/c1-8-5-11(12(16(21)22)6-9(8)2)15(20)19-10-3-4-14(18)13(17)7-10/h3-4,7,11-12H,5-6H2,1-2H3,(H,19,20)(H,21,22)/p-1/t11-,12-/m1/s1. The third-order valence-corrected chi connectivity index (χ3v) is 4.38. The number of hydrogen-bond donors (Lipinski definition) is 1. The number of nitrogens with one attached hydrogen (secondary N) is 1. The zero-order chi connectivity index (χ0) is 16.4. The molecule has 0 fully saturated rings. The molecule has 0 aromatic heterocycles. The number of halogens is 2. The summed E-state index contributed by atoms with van der Waals surface area (Å²) >= 11 is 5.67. The van der Waals surface area contributed by atoms with E-state index < -0.39 is 29.5 Å². The van der Waals surface area contributed by atoms with Crippen molar-refractivity contribution in [3.63, 3.8) is 0 Å². The molecule has 0 bridgehead atoms. The van der Waals surface area contributed by atoms with E-state index in [9.17, 15) is 19.1 Å². The number of carbonyl (C=O) groups excluding carboxylic acids is 2. The SMILES string of the molecule is CC1=C(C)C[C@@H](C(=O)Nc2ccc(F)c(Cl)c2)[C@H](C(=O)[O-])C1. The van der Waals surface area contributed by atoms with E-state index in [2.05, 4.69) is 5.32 Å². The van der Waals surface area contributed by atoms with Crippen LogP contribution in [0.5, 0.6) is 0 Å². The first-order chi connectivity index (χ1) is 10.3. The molecule has 4 nitrogen and oxygen atoms in total. The van der Waals surface area contributed by atoms with Gasteiger partial charge in [-0.1, -0.05) is 22.7 Å². The van der Waals surface area contributed by atoms with E-state index in [0.717, 1.165) is 17.2 Å². The van der Waals surface area contributed by atoms with Gasteiger partial charge in [0.05, 0.1) is 10.9 Å². The van der Waals surface area contributed by atoms with E-state index in [1.54, 1.807) is 0 Å². The highest BCUT2D eigenvalue weighted by atomic mass is 35.5. The lowest BCUT2D eigenvalue weighted by Gasteiger charge is -2.32. The van der Waals surface area contributed by atoms with Crippen LogP contribution in [-0.2, 0) is 9.59 Å². The normalized spacial score (nSPS) is 21.6. The maximum Gasteiger partial charge on any atom is 0.228 e. The molecule has 0 saturated carbocycles. The quantitative estimate of drug-likeness (QED) is 0.869. The number of benzene rings is 1. The van der Waals surface area contributed by atoms with Gasteiger partial charge in [0, 0.05) is 17.6 Å². The number of allylic oxidation sites excluding steroid dienone is 2. The van der Waals surface area contributed by atoms with Crippen molar-refractivity contribution in [1.82, 2.24) is 0 Å². The van der Waals surface area contributed by atoms with E-state index in [0.29, 0.717) is 18.5 Å². The first kappa shape index (κ1) is 16.5. The van der Waals surface area contributed by atoms with Gasteiger partial charge in [0.15, 0.2) is 0 Å². The van der Waals surface area contributed by atoms with Crippen molar-refractivity contribution in [2.24, 2.45) is 11.8 Å². The smallest absolute Gasteiger partial charge is 0.228 e. The van der Waals surface area contributed by atoms with Crippen LogP contribution >= 0.6 is 11.6 Å². The predicted molar refractivity (Wildman–Crippen MR) is 79.6 cm³/mol. The fourth-order valence-corrected chi connectivity index (χ4v) is 2.81. The Labute approximate surface area is 133 Å². The van der Waals surface area contributed by atoms with Crippen LogP contribution < -0.4 is 10.4 Å². The Morgan fingerprint density at radius 2 is 1.82 bits per heavy atom.